The lowest BCUT2D eigenvalue weighted by molar-refractivity contribution is 0.471. The summed E-state index contributed by atoms with van der Waals surface area (Å²) in [5.41, 5.74) is 16.1. The van der Waals surface area contributed by atoms with E-state index in [0.29, 0.717) is 0 Å². The number of ether oxygens (including phenoxy) is 1. The van der Waals surface area contributed by atoms with Crippen LogP contribution >= 0.6 is 0 Å². The van der Waals surface area contributed by atoms with Crippen LogP contribution in [0, 0.1) is 0 Å². The van der Waals surface area contributed by atoms with Crippen molar-refractivity contribution in [2.75, 3.05) is 9.80 Å². The quantitative estimate of drug-likeness (QED) is 0.172. The fourth-order valence-corrected chi connectivity index (χ4v) is 8.44. The van der Waals surface area contributed by atoms with Crippen molar-refractivity contribution < 1.29 is 4.74 Å². The second-order valence-electron chi connectivity index (χ2n) is 14.6. The molecule has 0 atom stereocenters. The Morgan fingerprint density at radius 3 is 1.61 bits per heavy atom. The summed E-state index contributed by atoms with van der Waals surface area (Å²) in [6.07, 6.45) is 0. The Morgan fingerprint density at radius 2 is 0.944 bits per heavy atom. The van der Waals surface area contributed by atoms with E-state index in [1.807, 2.05) is 6.07 Å². The Labute approximate surface area is 317 Å². The first-order chi connectivity index (χ1) is 26.5. The molecule has 0 aromatic heterocycles. The summed E-state index contributed by atoms with van der Waals surface area (Å²) >= 11 is 0. The molecule has 258 valence electrons. The van der Waals surface area contributed by atoms with E-state index < -0.39 is 0 Å². The largest absolute Gasteiger partial charge is 0.453 e. The van der Waals surface area contributed by atoms with Crippen molar-refractivity contribution in [3.63, 3.8) is 0 Å². The van der Waals surface area contributed by atoms with Crippen LogP contribution in [0.15, 0.2) is 194 Å². The van der Waals surface area contributed by atoms with Crippen molar-refractivity contribution in [3.05, 3.63) is 205 Å². The number of para-hydroxylation sites is 3. The van der Waals surface area contributed by atoms with Gasteiger partial charge in [0.25, 0.3) is 0 Å². The Morgan fingerprint density at radius 1 is 0.426 bits per heavy atom. The molecule has 0 radical (unpaired) electrons. The fourth-order valence-electron chi connectivity index (χ4n) is 8.44. The van der Waals surface area contributed by atoms with Gasteiger partial charge in [-0.05, 0) is 105 Å². The first-order valence-corrected chi connectivity index (χ1v) is 18.6. The molecule has 0 saturated carbocycles. The van der Waals surface area contributed by atoms with Gasteiger partial charge in [-0.2, -0.15) is 0 Å². The zero-order valence-corrected chi connectivity index (χ0v) is 30.3. The maximum Gasteiger partial charge on any atom is 0.151 e. The van der Waals surface area contributed by atoms with Gasteiger partial charge < -0.3 is 14.5 Å². The third-order valence-electron chi connectivity index (χ3n) is 11.0. The minimum Gasteiger partial charge on any atom is -0.453 e. The van der Waals surface area contributed by atoms with Gasteiger partial charge in [0.2, 0.25) is 0 Å². The molecule has 0 spiro atoms. The number of nitrogens with zero attached hydrogens (tertiary/aromatic N) is 2. The number of hydrogen-bond acceptors (Lipinski definition) is 3. The van der Waals surface area contributed by atoms with Gasteiger partial charge in [-0.15, -0.1) is 0 Å². The van der Waals surface area contributed by atoms with Crippen LogP contribution < -0.4 is 14.5 Å². The van der Waals surface area contributed by atoms with Gasteiger partial charge in [-0.3, -0.25) is 0 Å². The monoisotopic (exact) mass is 694 g/mol. The van der Waals surface area contributed by atoms with Crippen molar-refractivity contribution in [2.24, 2.45) is 0 Å². The SMILES string of the molecule is CC1(C)c2cccc3c2N(c2ccccc2O3)c2cccc(-c3cccc(N(c4ccc(-c5ccccc5)cc4)c4ccc(-c5ccccc5)cc4)c3)c21. The highest BCUT2D eigenvalue weighted by atomic mass is 16.5. The van der Waals surface area contributed by atoms with Crippen LogP contribution in [0.3, 0.4) is 0 Å². The molecule has 2 aliphatic heterocycles. The Kier molecular flexibility index (Phi) is 7.48. The van der Waals surface area contributed by atoms with E-state index >= 15 is 0 Å². The third kappa shape index (κ3) is 5.20. The molecule has 54 heavy (non-hydrogen) atoms. The highest BCUT2D eigenvalue weighted by Crippen LogP contribution is 2.61. The molecule has 3 heteroatoms. The minimum atomic E-state index is -0.292. The summed E-state index contributed by atoms with van der Waals surface area (Å²) in [7, 11) is 0. The zero-order valence-electron chi connectivity index (χ0n) is 30.3. The summed E-state index contributed by atoms with van der Waals surface area (Å²) in [6.45, 7) is 4.70. The molecule has 0 unspecified atom stereocenters. The molecule has 8 aromatic rings. The van der Waals surface area contributed by atoms with E-state index in [-0.39, 0.29) is 5.41 Å². The Bertz CT molecular complexity index is 2560. The number of benzene rings is 8. The van der Waals surface area contributed by atoms with Gasteiger partial charge in [-0.1, -0.05) is 147 Å². The summed E-state index contributed by atoms with van der Waals surface area (Å²) in [4.78, 5) is 4.78. The summed E-state index contributed by atoms with van der Waals surface area (Å²) in [5.74, 6) is 1.76. The van der Waals surface area contributed by atoms with Crippen molar-refractivity contribution in [3.8, 4) is 44.9 Å². The normalized spacial score (nSPS) is 13.3. The number of rotatable bonds is 6. The van der Waals surface area contributed by atoms with Crippen LogP contribution in [0.25, 0.3) is 33.4 Å². The van der Waals surface area contributed by atoms with Gasteiger partial charge in [-0.25, -0.2) is 0 Å². The van der Waals surface area contributed by atoms with Crippen LogP contribution in [0.1, 0.15) is 25.0 Å². The van der Waals surface area contributed by atoms with Crippen LogP contribution in [0.2, 0.25) is 0 Å². The highest BCUT2D eigenvalue weighted by Gasteiger charge is 2.42. The number of hydrogen-bond donors (Lipinski definition) is 0. The van der Waals surface area contributed by atoms with Gasteiger partial charge >= 0.3 is 0 Å². The molecule has 0 N–H and O–H groups in total. The molecule has 0 saturated heterocycles. The number of anilines is 6. The maximum absolute atomic E-state index is 6.49. The zero-order chi connectivity index (χ0) is 36.2. The lowest BCUT2D eigenvalue weighted by Crippen LogP contribution is -2.32. The topological polar surface area (TPSA) is 15.7 Å². The smallest absolute Gasteiger partial charge is 0.151 e. The van der Waals surface area contributed by atoms with E-state index in [2.05, 4.69) is 212 Å². The lowest BCUT2D eigenvalue weighted by atomic mass is 9.70. The fraction of sp³-hybridized carbons (Fsp3) is 0.0588. The van der Waals surface area contributed by atoms with Gasteiger partial charge in [0, 0.05) is 22.5 Å². The average Bonchev–Trinajstić information content (AvgIpc) is 3.23. The highest BCUT2D eigenvalue weighted by molar-refractivity contribution is 5.96. The predicted octanol–water partition coefficient (Wildman–Crippen LogP) is 14.4. The number of fused-ring (bicyclic) bond motifs is 4. The standard InChI is InChI=1S/C51H38N2O/c1-51(2)44-21-13-25-48-50(44)53(45-22-9-10-24-47(45)54-48)46-23-12-20-43(49(46)51)39-18-11-19-42(34-39)52(40-30-26-37(27-31-40)35-14-5-3-6-15-35)41-32-28-38(29-33-41)36-16-7-4-8-17-36/h3-34H,1-2H3. The van der Waals surface area contributed by atoms with E-state index in [0.717, 1.165) is 39.9 Å². The molecule has 8 aromatic carbocycles. The lowest BCUT2D eigenvalue weighted by Gasteiger charge is -2.45. The molecule has 0 fully saturated rings. The molecular weight excluding hydrogens is 657 g/mol. The second kappa shape index (κ2) is 12.7. The predicted molar refractivity (Wildman–Crippen MR) is 224 cm³/mol. The van der Waals surface area contributed by atoms with Crippen molar-refractivity contribution >= 4 is 34.1 Å². The van der Waals surface area contributed by atoms with Crippen LogP contribution in [0.4, 0.5) is 34.1 Å². The Balaban J connectivity index is 1.12. The van der Waals surface area contributed by atoms with E-state index in [4.69, 9.17) is 4.74 Å². The molecule has 0 amide bonds. The summed E-state index contributed by atoms with van der Waals surface area (Å²) in [5, 5.41) is 0. The van der Waals surface area contributed by atoms with Crippen molar-refractivity contribution in [2.45, 2.75) is 19.3 Å². The average molecular weight is 695 g/mol. The second-order valence-corrected chi connectivity index (χ2v) is 14.6. The molecule has 2 heterocycles. The molecule has 0 bridgehead atoms. The molecule has 10 rings (SSSR count). The van der Waals surface area contributed by atoms with E-state index in [1.165, 1.54) is 50.2 Å². The van der Waals surface area contributed by atoms with Crippen molar-refractivity contribution in [1.82, 2.24) is 0 Å². The van der Waals surface area contributed by atoms with E-state index in [9.17, 15) is 0 Å². The molecule has 2 aliphatic rings. The van der Waals surface area contributed by atoms with Crippen LogP contribution in [0.5, 0.6) is 11.5 Å². The maximum atomic E-state index is 6.49. The van der Waals surface area contributed by atoms with Gasteiger partial charge in [0.1, 0.15) is 0 Å². The first-order valence-electron chi connectivity index (χ1n) is 18.6. The first kappa shape index (κ1) is 31.9. The molecular formula is C51H38N2O. The van der Waals surface area contributed by atoms with Crippen molar-refractivity contribution in [1.29, 1.82) is 0 Å². The molecule has 3 nitrogen and oxygen atoms in total. The van der Waals surface area contributed by atoms with Gasteiger partial charge in [0.05, 0.1) is 17.1 Å². The third-order valence-corrected chi connectivity index (χ3v) is 11.0. The summed E-state index contributed by atoms with van der Waals surface area (Å²) < 4.78 is 6.49. The minimum absolute atomic E-state index is 0.292. The van der Waals surface area contributed by atoms with E-state index in [1.54, 1.807) is 0 Å². The Hall–Kier alpha value is -6.84. The summed E-state index contributed by atoms with van der Waals surface area (Å²) in [6, 6.07) is 69.6. The van der Waals surface area contributed by atoms with Crippen LogP contribution in [-0.2, 0) is 5.41 Å². The van der Waals surface area contributed by atoms with Crippen LogP contribution in [-0.4, -0.2) is 0 Å². The molecule has 0 aliphatic carbocycles. The van der Waals surface area contributed by atoms with Gasteiger partial charge in [0.15, 0.2) is 11.5 Å².